The summed E-state index contributed by atoms with van der Waals surface area (Å²) in [4.78, 5) is 14.6. The Labute approximate surface area is 166 Å². The maximum atomic E-state index is 14.0. The van der Waals surface area contributed by atoms with Crippen molar-refractivity contribution < 1.29 is 13.6 Å². The second-order valence-electron chi connectivity index (χ2n) is 6.65. The lowest BCUT2D eigenvalue weighted by molar-refractivity contribution is 0.194. The predicted octanol–water partition coefficient (Wildman–Crippen LogP) is 5.80. The van der Waals surface area contributed by atoms with Crippen LogP contribution in [0.4, 0.5) is 19.3 Å². The van der Waals surface area contributed by atoms with Crippen LogP contribution in [0, 0.1) is 11.6 Å². The average Bonchev–Trinajstić information content (AvgIpc) is 2.70. The van der Waals surface area contributed by atoms with Crippen LogP contribution in [-0.2, 0) is 6.42 Å². The van der Waals surface area contributed by atoms with Crippen LogP contribution in [0.15, 0.2) is 66.7 Å². The van der Waals surface area contributed by atoms with Gasteiger partial charge < -0.3 is 10.2 Å². The van der Waals surface area contributed by atoms with Crippen molar-refractivity contribution in [3.05, 3.63) is 100 Å². The Morgan fingerprint density at radius 2 is 1.79 bits per heavy atom. The third-order valence-corrected chi connectivity index (χ3v) is 5.15. The molecule has 1 heterocycles. The Hall–Kier alpha value is -2.92. The van der Waals surface area contributed by atoms with E-state index < -0.39 is 17.7 Å². The second-order valence-corrected chi connectivity index (χ2v) is 7.09. The molecule has 142 valence electrons. The zero-order valence-electron chi connectivity index (χ0n) is 14.8. The average molecular weight is 399 g/mol. The van der Waals surface area contributed by atoms with Gasteiger partial charge in [-0.2, -0.15) is 0 Å². The van der Waals surface area contributed by atoms with E-state index in [0.29, 0.717) is 18.0 Å². The number of nitrogens with one attached hydrogen (secondary N) is 1. The highest BCUT2D eigenvalue weighted by Crippen LogP contribution is 2.36. The molecular formula is C22H17ClF2N2O. The third kappa shape index (κ3) is 3.58. The van der Waals surface area contributed by atoms with E-state index in [0.717, 1.165) is 34.9 Å². The number of rotatable bonds is 2. The molecule has 1 N–H and O–H groups in total. The zero-order valence-corrected chi connectivity index (χ0v) is 15.6. The van der Waals surface area contributed by atoms with Crippen LogP contribution in [0.1, 0.15) is 22.7 Å². The van der Waals surface area contributed by atoms with E-state index in [2.05, 4.69) is 5.32 Å². The second kappa shape index (κ2) is 7.60. The molecule has 1 atom stereocenters. The van der Waals surface area contributed by atoms with Gasteiger partial charge in [-0.1, -0.05) is 48.0 Å². The van der Waals surface area contributed by atoms with Crippen molar-refractivity contribution in [3.63, 3.8) is 0 Å². The monoisotopic (exact) mass is 398 g/mol. The molecular weight excluding hydrogens is 382 g/mol. The third-order valence-electron chi connectivity index (χ3n) is 4.90. The van der Waals surface area contributed by atoms with Crippen LogP contribution in [0.2, 0.25) is 5.02 Å². The molecule has 0 bridgehead atoms. The zero-order chi connectivity index (χ0) is 19.7. The van der Waals surface area contributed by atoms with Gasteiger partial charge in [0.15, 0.2) is 0 Å². The number of halogens is 3. The number of anilines is 1. The van der Waals surface area contributed by atoms with Gasteiger partial charge in [0.1, 0.15) is 11.6 Å². The molecule has 3 aromatic rings. The van der Waals surface area contributed by atoms with E-state index in [1.54, 1.807) is 17.0 Å². The summed E-state index contributed by atoms with van der Waals surface area (Å²) in [7, 11) is 0. The summed E-state index contributed by atoms with van der Waals surface area (Å²) >= 11 is 6.02. The fourth-order valence-electron chi connectivity index (χ4n) is 3.57. The summed E-state index contributed by atoms with van der Waals surface area (Å²) in [5, 5.41) is 3.11. The summed E-state index contributed by atoms with van der Waals surface area (Å²) in [6.07, 6.45) is 0.680. The number of fused-ring (bicyclic) bond motifs is 1. The van der Waals surface area contributed by atoms with Crippen molar-refractivity contribution in [1.82, 2.24) is 4.90 Å². The molecule has 3 nitrogen and oxygen atoms in total. The summed E-state index contributed by atoms with van der Waals surface area (Å²) in [5.74, 6) is -1.30. The molecule has 2 amide bonds. The molecule has 1 aliphatic rings. The van der Waals surface area contributed by atoms with Gasteiger partial charge in [0.25, 0.3) is 0 Å². The number of amides is 2. The summed E-state index contributed by atoms with van der Waals surface area (Å²) in [6, 6.07) is 17.4. The van der Waals surface area contributed by atoms with Crippen LogP contribution in [0.25, 0.3) is 0 Å². The first-order chi connectivity index (χ1) is 13.5. The standard InChI is InChI=1S/C22H17ClF2N2O/c23-16-7-5-15(6-8-16)21-18-4-2-1-3-14(18)11-12-27(21)22(28)26-20-13-17(24)9-10-19(20)25/h1-10,13,21H,11-12H2,(H,26,28). The number of nitrogens with zero attached hydrogens (tertiary/aromatic N) is 1. The Morgan fingerprint density at radius 3 is 2.57 bits per heavy atom. The molecule has 0 fully saturated rings. The molecule has 1 unspecified atom stereocenters. The van der Waals surface area contributed by atoms with Crippen LogP contribution >= 0.6 is 11.6 Å². The molecule has 1 aliphatic heterocycles. The van der Waals surface area contributed by atoms with Crippen molar-refractivity contribution in [1.29, 1.82) is 0 Å². The first-order valence-electron chi connectivity index (χ1n) is 8.89. The highest BCUT2D eigenvalue weighted by molar-refractivity contribution is 6.30. The van der Waals surface area contributed by atoms with Gasteiger partial charge in [0.2, 0.25) is 0 Å². The van der Waals surface area contributed by atoms with Crippen molar-refractivity contribution in [3.8, 4) is 0 Å². The number of carbonyl (C=O) groups excluding carboxylic acids is 1. The topological polar surface area (TPSA) is 32.3 Å². The van der Waals surface area contributed by atoms with Crippen molar-refractivity contribution >= 4 is 23.3 Å². The molecule has 28 heavy (non-hydrogen) atoms. The van der Waals surface area contributed by atoms with Gasteiger partial charge in [-0.05, 0) is 47.4 Å². The van der Waals surface area contributed by atoms with E-state index in [4.69, 9.17) is 11.6 Å². The van der Waals surface area contributed by atoms with Crippen molar-refractivity contribution in [2.75, 3.05) is 11.9 Å². The minimum absolute atomic E-state index is 0.182. The van der Waals surface area contributed by atoms with Crippen LogP contribution in [0.3, 0.4) is 0 Å². The summed E-state index contributed by atoms with van der Waals surface area (Å²) in [6.45, 7) is 0.451. The number of carbonyl (C=O) groups is 1. The number of benzene rings is 3. The Balaban J connectivity index is 1.71. The molecule has 4 rings (SSSR count). The first-order valence-corrected chi connectivity index (χ1v) is 9.26. The van der Waals surface area contributed by atoms with E-state index in [9.17, 15) is 13.6 Å². The molecule has 3 aromatic carbocycles. The Kier molecular flexibility index (Phi) is 5.01. The lowest BCUT2D eigenvalue weighted by Crippen LogP contribution is -2.43. The first kappa shape index (κ1) is 18.4. The highest BCUT2D eigenvalue weighted by atomic mass is 35.5. The van der Waals surface area contributed by atoms with Crippen molar-refractivity contribution in [2.45, 2.75) is 12.5 Å². The predicted molar refractivity (Wildman–Crippen MR) is 106 cm³/mol. The van der Waals surface area contributed by atoms with Gasteiger partial charge in [0.05, 0.1) is 11.7 Å². The number of urea groups is 1. The van der Waals surface area contributed by atoms with Gasteiger partial charge in [-0.3, -0.25) is 0 Å². The van der Waals surface area contributed by atoms with Crippen LogP contribution in [0.5, 0.6) is 0 Å². The molecule has 0 radical (unpaired) electrons. The molecule has 0 aliphatic carbocycles. The van der Waals surface area contributed by atoms with E-state index in [1.807, 2.05) is 36.4 Å². The van der Waals surface area contributed by atoms with Gasteiger partial charge in [0, 0.05) is 17.6 Å². The molecule has 6 heteroatoms. The molecule has 0 saturated carbocycles. The van der Waals surface area contributed by atoms with E-state index in [-0.39, 0.29) is 11.7 Å². The summed E-state index contributed by atoms with van der Waals surface area (Å²) < 4.78 is 27.5. The lowest BCUT2D eigenvalue weighted by Gasteiger charge is -2.37. The smallest absolute Gasteiger partial charge is 0.313 e. The fourth-order valence-corrected chi connectivity index (χ4v) is 3.70. The molecule has 0 aromatic heterocycles. The largest absolute Gasteiger partial charge is 0.322 e. The normalized spacial score (nSPS) is 15.8. The van der Waals surface area contributed by atoms with Crippen LogP contribution in [-0.4, -0.2) is 17.5 Å². The summed E-state index contributed by atoms with van der Waals surface area (Å²) in [5.41, 5.74) is 2.87. The van der Waals surface area contributed by atoms with Crippen LogP contribution < -0.4 is 5.32 Å². The molecule has 0 spiro atoms. The van der Waals surface area contributed by atoms with Gasteiger partial charge >= 0.3 is 6.03 Å². The van der Waals surface area contributed by atoms with Gasteiger partial charge in [-0.15, -0.1) is 0 Å². The van der Waals surface area contributed by atoms with E-state index >= 15 is 0 Å². The number of hydrogen-bond acceptors (Lipinski definition) is 1. The minimum Gasteiger partial charge on any atom is -0.313 e. The Morgan fingerprint density at radius 1 is 1.04 bits per heavy atom. The molecule has 0 saturated heterocycles. The fraction of sp³-hybridized carbons (Fsp3) is 0.136. The van der Waals surface area contributed by atoms with Gasteiger partial charge in [-0.25, -0.2) is 13.6 Å². The maximum absolute atomic E-state index is 14.0. The quantitative estimate of drug-likeness (QED) is 0.581. The number of hydrogen-bond donors (Lipinski definition) is 1. The minimum atomic E-state index is -0.685. The Bertz CT molecular complexity index is 1020. The van der Waals surface area contributed by atoms with E-state index in [1.165, 1.54) is 0 Å². The lowest BCUT2D eigenvalue weighted by atomic mass is 9.88. The maximum Gasteiger partial charge on any atom is 0.322 e. The highest BCUT2D eigenvalue weighted by Gasteiger charge is 2.32. The SMILES string of the molecule is O=C(Nc1cc(F)ccc1F)N1CCc2ccccc2C1c1ccc(Cl)cc1. The van der Waals surface area contributed by atoms with Crippen molar-refractivity contribution in [2.24, 2.45) is 0 Å².